The molecule has 0 aromatic heterocycles. The number of imide groups is 1. The first-order valence-electron chi connectivity index (χ1n) is 4.30. The minimum absolute atomic E-state index is 0.159. The zero-order valence-corrected chi connectivity index (χ0v) is 8.45. The number of amides is 2. The van der Waals surface area contributed by atoms with Crippen LogP contribution in [0, 0.1) is 0 Å². The third-order valence-corrected chi connectivity index (χ3v) is 2.55. The predicted molar refractivity (Wildman–Crippen MR) is 52.6 cm³/mol. The standard InChI is InChI=1S/C8H14N2O2S/c1-13-5-4-9-6-2-3-7(11)10-8(6)12/h6,9H,2-5H2,1H3,(H,10,11,12). The monoisotopic (exact) mass is 202 g/mol. The van der Waals surface area contributed by atoms with Crippen LogP contribution in [0.25, 0.3) is 0 Å². The fourth-order valence-electron chi connectivity index (χ4n) is 1.22. The summed E-state index contributed by atoms with van der Waals surface area (Å²) in [6.07, 6.45) is 3.09. The van der Waals surface area contributed by atoms with Crippen molar-refractivity contribution in [3.8, 4) is 0 Å². The molecule has 0 aromatic carbocycles. The lowest BCUT2D eigenvalue weighted by Gasteiger charge is -2.21. The van der Waals surface area contributed by atoms with Gasteiger partial charge in [-0.15, -0.1) is 0 Å². The highest BCUT2D eigenvalue weighted by Gasteiger charge is 2.25. The molecule has 1 fully saturated rings. The summed E-state index contributed by atoms with van der Waals surface area (Å²) in [7, 11) is 0. The van der Waals surface area contributed by atoms with E-state index in [1.165, 1.54) is 0 Å². The van der Waals surface area contributed by atoms with Crippen molar-refractivity contribution in [3.05, 3.63) is 0 Å². The zero-order valence-electron chi connectivity index (χ0n) is 7.63. The summed E-state index contributed by atoms with van der Waals surface area (Å²) in [5.74, 6) is 0.642. The van der Waals surface area contributed by atoms with E-state index < -0.39 is 0 Å². The molecule has 1 saturated heterocycles. The van der Waals surface area contributed by atoms with Crippen molar-refractivity contribution in [2.45, 2.75) is 18.9 Å². The minimum atomic E-state index is -0.183. The number of carbonyl (C=O) groups is 2. The van der Waals surface area contributed by atoms with Crippen LogP contribution in [-0.2, 0) is 9.59 Å². The molecule has 0 aromatic rings. The van der Waals surface area contributed by atoms with Crippen molar-refractivity contribution in [1.29, 1.82) is 0 Å². The molecule has 1 aliphatic rings. The van der Waals surface area contributed by atoms with Crippen molar-refractivity contribution in [3.63, 3.8) is 0 Å². The Labute approximate surface area is 81.8 Å². The Hall–Kier alpha value is -0.550. The van der Waals surface area contributed by atoms with Crippen LogP contribution in [0.3, 0.4) is 0 Å². The lowest BCUT2D eigenvalue weighted by molar-refractivity contribution is -0.134. The van der Waals surface area contributed by atoms with Crippen molar-refractivity contribution in [1.82, 2.24) is 10.6 Å². The van der Waals surface area contributed by atoms with Crippen molar-refractivity contribution < 1.29 is 9.59 Å². The molecular formula is C8H14N2O2S. The Bertz CT molecular complexity index is 208. The normalized spacial score (nSPS) is 23.0. The second kappa shape index (κ2) is 5.24. The Morgan fingerprint density at radius 2 is 2.38 bits per heavy atom. The highest BCUT2D eigenvalue weighted by atomic mass is 32.2. The number of hydrogen-bond donors (Lipinski definition) is 2. The molecule has 1 unspecified atom stereocenters. The fourth-order valence-corrected chi connectivity index (χ4v) is 1.55. The number of hydrogen-bond acceptors (Lipinski definition) is 4. The second-order valence-electron chi connectivity index (χ2n) is 2.95. The molecule has 4 nitrogen and oxygen atoms in total. The molecule has 13 heavy (non-hydrogen) atoms. The van der Waals surface area contributed by atoms with Crippen LogP contribution in [0.1, 0.15) is 12.8 Å². The largest absolute Gasteiger partial charge is 0.305 e. The van der Waals surface area contributed by atoms with Gasteiger partial charge in [0.15, 0.2) is 0 Å². The average Bonchev–Trinajstić information content (AvgIpc) is 2.09. The van der Waals surface area contributed by atoms with Gasteiger partial charge < -0.3 is 5.32 Å². The lowest BCUT2D eigenvalue weighted by atomic mass is 10.1. The third kappa shape index (κ3) is 3.36. The summed E-state index contributed by atoms with van der Waals surface area (Å²) in [6, 6.07) is -0.176. The van der Waals surface area contributed by atoms with Gasteiger partial charge in [0.25, 0.3) is 0 Å². The van der Waals surface area contributed by atoms with E-state index in [4.69, 9.17) is 0 Å². The van der Waals surface area contributed by atoms with Gasteiger partial charge in [0.1, 0.15) is 0 Å². The maximum absolute atomic E-state index is 11.2. The summed E-state index contributed by atoms with van der Waals surface area (Å²) in [4.78, 5) is 22.0. The van der Waals surface area contributed by atoms with Crippen LogP contribution < -0.4 is 10.6 Å². The zero-order chi connectivity index (χ0) is 9.68. The van der Waals surface area contributed by atoms with E-state index in [1.54, 1.807) is 11.8 Å². The summed E-state index contributed by atoms with van der Waals surface area (Å²) in [5, 5.41) is 5.42. The van der Waals surface area contributed by atoms with E-state index in [2.05, 4.69) is 10.6 Å². The topological polar surface area (TPSA) is 58.2 Å². The molecule has 1 heterocycles. The highest BCUT2D eigenvalue weighted by Crippen LogP contribution is 2.03. The molecule has 74 valence electrons. The van der Waals surface area contributed by atoms with Gasteiger partial charge in [-0.25, -0.2) is 0 Å². The Balaban J connectivity index is 2.26. The molecule has 0 radical (unpaired) electrons. The summed E-state index contributed by atoms with van der Waals surface area (Å²) in [5.41, 5.74) is 0. The molecule has 0 aliphatic carbocycles. The molecule has 5 heteroatoms. The van der Waals surface area contributed by atoms with E-state index in [1.807, 2.05) is 6.26 Å². The smallest absolute Gasteiger partial charge is 0.243 e. The summed E-state index contributed by atoms with van der Waals surface area (Å²) >= 11 is 1.73. The second-order valence-corrected chi connectivity index (χ2v) is 3.94. The number of nitrogens with one attached hydrogen (secondary N) is 2. The number of carbonyl (C=O) groups excluding carboxylic acids is 2. The van der Waals surface area contributed by atoms with E-state index in [9.17, 15) is 9.59 Å². The van der Waals surface area contributed by atoms with Gasteiger partial charge in [0.05, 0.1) is 6.04 Å². The molecule has 1 aliphatic heterocycles. The molecule has 0 spiro atoms. The van der Waals surface area contributed by atoms with Crippen LogP contribution in [0.5, 0.6) is 0 Å². The van der Waals surface area contributed by atoms with Gasteiger partial charge in [-0.3, -0.25) is 14.9 Å². The van der Waals surface area contributed by atoms with Gasteiger partial charge in [0, 0.05) is 18.7 Å². The molecule has 2 N–H and O–H groups in total. The molecule has 1 rings (SSSR count). The lowest BCUT2D eigenvalue weighted by Crippen LogP contribution is -2.51. The first-order chi connectivity index (χ1) is 6.24. The number of thioether (sulfide) groups is 1. The number of rotatable bonds is 4. The minimum Gasteiger partial charge on any atom is -0.305 e. The fraction of sp³-hybridized carbons (Fsp3) is 0.750. The van der Waals surface area contributed by atoms with Gasteiger partial charge in [-0.1, -0.05) is 0 Å². The highest BCUT2D eigenvalue weighted by molar-refractivity contribution is 7.98. The Morgan fingerprint density at radius 3 is 3.00 bits per heavy atom. The van der Waals surface area contributed by atoms with Crippen LogP contribution in [0.2, 0.25) is 0 Å². The SMILES string of the molecule is CSCCNC1CCC(=O)NC1=O. The number of piperidine rings is 1. The molecule has 0 bridgehead atoms. The van der Waals surface area contributed by atoms with Crippen LogP contribution in [-0.4, -0.2) is 36.4 Å². The van der Waals surface area contributed by atoms with E-state index in [0.717, 1.165) is 12.3 Å². The maximum atomic E-state index is 11.2. The van der Waals surface area contributed by atoms with Gasteiger partial charge in [-0.05, 0) is 12.7 Å². The molecule has 0 saturated carbocycles. The van der Waals surface area contributed by atoms with Crippen LogP contribution in [0.4, 0.5) is 0 Å². The van der Waals surface area contributed by atoms with E-state index in [-0.39, 0.29) is 17.9 Å². The first-order valence-corrected chi connectivity index (χ1v) is 5.69. The van der Waals surface area contributed by atoms with Crippen LogP contribution >= 0.6 is 11.8 Å². The molecular weight excluding hydrogens is 188 g/mol. The Morgan fingerprint density at radius 1 is 1.62 bits per heavy atom. The first kappa shape index (κ1) is 10.5. The van der Waals surface area contributed by atoms with Crippen molar-refractivity contribution in [2.75, 3.05) is 18.6 Å². The third-order valence-electron chi connectivity index (χ3n) is 1.94. The summed E-state index contributed by atoms with van der Waals surface area (Å²) in [6.45, 7) is 0.813. The quantitative estimate of drug-likeness (QED) is 0.487. The summed E-state index contributed by atoms with van der Waals surface area (Å²) < 4.78 is 0. The van der Waals surface area contributed by atoms with Gasteiger partial charge >= 0.3 is 0 Å². The van der Waals surface area contributed by atoms with E-state index in [0.29, 0.717) is 12.8 Å². The van der Waals surface area contributed by atoms with Crippen molar-refractivity contribution >= 4 is 23.6 Å². The molecule has 2 amide bonds. The van der Waals surface area contributed by atoms with Crippen LogP contribution in [0.15, 0.2) is 0 Å². The Kier molecular flexibility index (Phi) is 4.24. The van der Waals surface area contributed by atoms with E-state index >= 15 is 0 Å². The van der Waals surface area contributed by atoms with Gasteiger partial charge in [-0.2, -0.15) is 11.8 Å². The van der Waals surface area contributed by atoms with Crippen molar-refractivity contribution in [2.24, 2.45) is 0 Å². The van der Waals surface area contributed by atoms with Gasteiger partial charge in [0.2, 0.25) is 11.8 Å². The molecule has 1 atom stereocenters. The maximum Gasteiger partial charge on any atom is 0.243 e. The average molecular weight is 202 g/mol. The predicted octanol–water partition coefficient (Wildman–Crippen LogP) is -0.256.